The van der Waals surface area contributed by atoms with Gasteiger partial charge in [-0.2, -0.15) is 5.10 Å². The van der Waals surface area contributed by atoms with Gasteiger partial charge >= 0.3 is 0 Å². The Balaban J connectivity index is 1.57. The van der Waals surface area contributed by atoms with Crippen molar-refractivity contribution >= 4 is 22.4 Å². The molecular formula is C26H26N6O3. The summed E-state index contributed by atoms with van der Waals surface area (Å²) in [7, 11) is 5.11. The van der Waals surface area contributed by atoms with Gasteiger partial charge in [-0.15, -0.1) is 0 Å². The number of ether oxygens (including phenoxy) is 2. The van der Waals surface area contributed by atoms with Crippen LogP contribution in [0.1, 0.15) is 0 Å². The van der Waals surface area contributed by atoms with Crippen LogP contribution in [0.15, 0.2) is 55.0 Å². The summed E-state index contributed by atoms with van der Waals surface area (Å²) in [5.41, 5.74) is 3.91. The molecule has 0 atom stereocenters. The SMILES string of the molecule is COc1cc(OC)cc(N(CC#CC2(O)CNC2)c2ccc3ncc(-c4cnn(C)c4)nc3c2)c1. The zero-order valence-corrected chi connectivity index (χ0v) is 19.8. The average molecular weight is 471 g/mol. The summed E-state index contributed by atoms with van der Waals surface area (Å²) in [6.07, 6.45) is 5.43. The van der Waals surface area contributed by atoms with Crippen molar-refractivity contribution in [1.29, 1.82) is 0 Å². The molecular weight excluding hydrogens is 444 g/mol. The highest BCUT2D eigenvalue weighted by Crippen LogP contribution is 2.34. The van der Waals surface area contributed by atoms with Gasteiger partial charge in [0.15, 0.2) is 0 Å². The maximum atomic E-state index is 10.4. The molecule has 2 aromatic carbocycles. The summed E-state index contributed by atoms with van der Waals surface area (Å²) in [5.74, 6) is 7.47. The quantitative estimate of drug-likeness (QED) is 0.415. The first-order chi connectivity index (χ1) is 17.0. The molecule has 2 N–H and O–H groups in total. The third-order valence-electron chi connectivity index (χ3n) is 5.88. The Hall–Kier alpha value is -4.13. The minimum atomic E-state index is -0.981. The van der Waals surface area contributed by atoms with Crippen LogP contribution in [-0.2, 0) is 7.05 Å². The van der Waals surface area contributed by atoms with Crippen molar-refractivity contribution in [3.63, 3.8) is 0 Å². The molecule has 0 unspecified atom stereocenters. The summed E-state index contributed by atoms with van der Waals surface area (Å²) >= 11 is 0. The maximum Gasteiger partial charge on any atom is 0.150 e. The number of rotatable bonds is 6. The lowest BCUT2D eigenvalue weighted by Gasteiger charge is -2.32. The van der Waals surface area contributed by atoms with Gasteiger partial charge in [0, 0.05) is 61.5 Å². The van der Waals surface area contributed by atoms with E-state index < -0.39 is 5.60 Å². The first-order valence-electron chi connectivity index (χ1n) is 11.2. The van der Waals surface area contributed by atoms with Gasteiger partial charge in [-0.1, -0.05) is 11.8 Å². The van der Waals surface area contributed by atoms with Crippen LogP contribution in [0.4, 0.5) is 11.4 Å². The van der Waals surface area contributed by atoms with Gasteiger partial charge in [0.2, 0.25) is 0 Å². The molecule has 0 saturated carbocycles. The van der Waals surface area contributed by atoms with Gasteiger partial charge in [0.05, 0.1) is 49.9 Å². The highest BCUT2D eigenvalue weighted by molar-refractivity contribution is 5.83. The van der Waals surface area contributed by atoms with E-state index >= 15 is 0 Å². The smallest absolute Gasteiger partial charge is 0.150 e. The monoisotopic (exact) mass is 470 g/mol. The van der Waals surface area contributed by atoms with E-state index in [0.29, 0.717) is 31.1 Å². The number of benzene rings is 2. The van der Waals surface area contributed by atoms with Crippen LogP contribution in [0.3, 0.4) is 0 Å². The van der Waals surface area contributed by atoms with E-state index in [-0.39, 0.29) is 0 Å². The third kappa shape index (κ3) is 4.75. The standard InChI is InChI=1S/C26H26N6O3/c1-31-15-18(13-29-31)25-14-28-23-6-5-19(11-24(23)30-25)32(8-4-7-26(33)16-27-17-26)20-9-21(34-2)12-22(10-20)35-3/h5-6,9-15,27,33H,8,16-17H2,1-3H3. The van der Waals surface area contributed by atoms with Gasteiger partial charge in [0.1, 0.15) is 17.1 Å². The molecule has 35 heavy (non-hydrogen) atoms. The minimum absolute atomic E-state index is 0.347. The minimum Gasteiger partial charge on any atom is -0.497 e. The molecule has 0 amide bonds. The number of nitrogens with zero attached hydrogens (tertiary/aromatic N) is 5. The Morgan fingerprint density at radius 2 is 1.83 bits per heavy atom. The van der Waals surface area contributed by atoms with E-state index in [0.717, 1.165) is 33.7 Å². The second-order valence-corrected chi connectivity index (χ2v) is 8.42. The molecule has 9 heteroatoms. The van der Waals surface area contributed by atoms with Crippen molar-refractivity contribution < 1.29 is 14.6 Å². The molecule has 178 valence electrons. The van der Waals surface area contributed by atoms with E-state index in [4.69, 9.17) is 14.5 Å². The van der Waals surface area contributed by atoms with Crippen LogP contribution in [0, 0.1) is 11.8 Å². The number of aliphatic hydroxyl groups is 1. The molecule has 3 heterocycles. The summed E-state index contributed by atoms with van der Waals surface area (Å²) in [4.78, 5) is 11.4. The molecule has 4 aromatic rings. The van der Waals surface area contributed by atoms with E-state index in [1.54, 1.807) is 31.3 Å². The van der Waals surface area contributed by atoms with Crippen LogP contribution >= 0.6 is 0 Å². The molecule has 0 aliphatic carbocycles. The normalized spacial score (nSPS) is 14.1. The van der Waals surface area contributed by atoms with Gasteiger partial charge in [-0.25, -0.2) is 4.98 Å². The Labute approximate surface area is 203 Å². The van der Waals surface area contributed by atoms with E-state index in [1.165, 1.54) is 0 Å². The number of aryl methyl sites for hydroxylation is 1. The van der Waals surface area contributed by atoms with Crippen molar-refractivity contribution in [2.24, 2.45) is 7.05 Å². The molecule has 2 aromatic heterocycles. The third-order valence-corrected chi connectivity index (χ3v) is 5.88. The lowest BCUT2D eigenvalue weighted by Crippen LogP contribution is -2.58. The van der Waals surface area contributed by atoms with E-state index in [1.807, 2.05) is 54.5 Å². The van der Waals surface area contributed by atoms with Gasteiger partial charge < -0.3 is 24.8 Å². The zero-order chi connectivity index (χ0) is 24.4. The second-order valence-electron chi connectivity index (χ2n) is 8.42. The fourth-order valence-corrected chi connectivity index (χ4v) is 3.87. The highest BCUT2D eigenvalue weighted by atomic mass is 16.5. The zero-order valence-electron chi connectivity index (χ0n) is 19.8. The number of methoxy groups -OCH3 is 2. The maximum absolute atomic E-state index is 10.4. The van der Waals surface area contributed by atoms with Crippen molar-refractivity contribution in [3.8, 4) is 34.6 Å². The number of anilines is 2. The second kappa shape index (κ2) is 9.25. The Morgan fingerprint density at radius 3 is 2.46 bits per heavy atom. The van der Waals surface area contributed by atoms with E-state index in [9.17, 15) is 5.11 Å². The number of fused-ring (bicyclic) bond motifs is 1. The van der Waals surface area contributed by atoms with Gasteiger partial charge in [-0.05, 0) is 18.2 Å². The molecule has 0 bridgehead atoms. The van der Waals surface area contributed by atoms with Gasteiger partial charge in [-0.3, -0.25) is 9.67 Å². The molecule has 1 aliphatic rings. The lowest BCUT2D eigenvalue weighted by atomic mass is 9.98. The molecule has 1 aliphatic heterocycles. The van der Waals surface area contributed by atoms with Crippen LogP contribution in [-0.4, -0.2) is 64.3 Å². The highest BCUT2D eigenvalue weighted by Gasteiger charge is 2.31. The van der Waals surface area contributed by atoms with Gasteiger partial charge in [0.25, 0.3) is 0 Å². The summed E-state index contributed by atoms with van der Waals surface area (Å²) in [6.45, 7) is 1.28. The molecule has 0 radical (unpaired) electrons. The fourth-order valence-electron chi connectivity index (χ4n) is 3.87. The van der Waals surface area contributed by atoms with Crippen LogP contribution in [0.2, 0.25) is 0 Å². The Bertz CT molecular complexity index is 1410. The summed E-state index contributed by atoms with van der Waals surface area (Å²) in [5, 5.41) is 17.7. The molecule has 0 spiro atoms. The summed E-state index contributed by atoms with van der Waals surface area (Å²) < 4.78 is 12.7. The molecule has 1 fully saturated rings. The number of hydrogen-bond acceptors (Lipinski definition) is 8. The lowest BCUT2D eigenvalue weighted by molar-refractivity contribution is 0.0472. The largest absolute Gasteiger partial charge is 0.497 e. The molecule has 9 nitrogen and oxygen atoms in total. The number of hydrogen-bond donors (Lipinski definition) is 2. The van der Waals surface area contributed by atoms with Crippen molar-refractivity contribution in [2.45, 2.75) is 5.60 Å². The van der Waals surface area contributed by atoms with E-state index in [2.05, 4.69) is 27.2 Å². The molecule has 5 rings (SSSR count). The van der Waals surface area contributed by atoms with Crippen LogP contribution in [0.5, 0.6) is 11.5 Å². The predicted molar refractivity (Wildman–Crippen MR) is 134 cm³/mol. The topological polar surface area (TPSA) is 97.6 Å². The number of β-amino-alcohol motifs (C(OH)–C–C–N with tert-alkyl or cyclic N) is 1. The molecule has 1 saturated heterocycles. The Morgan fingerprint density at radius 1 is 1.06 bits per heavy atom. The van der Waals surface area contributed by atoms with Crippen molar-refractivity contribution in [2.75, 3.05) is 38.8 Å². The predicted octanol–water partition coefficient (Wildman–Crippen LogP) is 2.52. The fraction of sp³-hybridized carbons (Fsp3) is 0.269. The van der Waals surface area contributed by atoms with Crippen molar-refractivity contribution in [1.82, 2.24) is 25.1 Å². The summed E-state index contributed by atoms with van der Waals surface area (Å²) in [6, 6.07) is 11.6. The number of aromatic nitrogens is 4. The number of nitrogens with one attached hydrogen (secondary N) is 1. The Kier molecular flexibility index (Phi) is 5.99. The first-order valence-corrected chi connectivity index (χ1v) is 11.2. The van der Waals surface area contributed by atoms with Crippen molar-refractivity contribution in [3.05, 3.63) is 55.0 Å². The van der Waals surface area contributed by atoms with Crippen LogP contribution < -0.4 is 19.7 Å². The first kappa shape index (κ1) is 22.7. The van der Waals surface area contributed by atoms with Crippen LogP contribution in [0.25, 0.3) is 22.3 Å². The average Bonchev–Trinajstić information content (AvgIpc) is 3.30.